The molecule has 0 unspecified atom stereocenters. The van der Waals surface area contributed by atoms with Gasteiger partial charge in [0.15, 0.2) is 0 Å². The lowest BCUT2D eigenvalue weighted by Gasteiger charge is -1.86. The van der Waals surface area contributed by atoms with Crippen molar-refractivity contribution in [2.75, 3.05) is 5.88 Å². The molecule has 0 saturated heterocycles. The van der Waals surface area contributed by atoms with Crippen LogP contribution in [-0.4, -0.2) is 5.88 Å². The van der Waals surface area contributed by atoms with Gasteiger partial charge in [0.1, 0.15) is 0 Å². The molecule has 0 bridgehead atoms. The summed E-state index contributed by atoms with van der Waals surface area (Å²) in [6, 6.07) is 0. The third-order valence-corrected chi connectivity index (χ3v) is 0.957. The molecular weight excluding hydrogens is 132 g/mol. The van der Waals surface area contributed by atoms with Crippen LogP contribution >= 0.6 is 11.6 Å². The molecule has 0 heterocycles. The second-order valence-electron chi connectivity index (χ2n) is 1.97. The number of hydrogen-bond acceptors (Lipinski definition) is 0. The predicted molar refractivity (Wildman–Crippen MR) is 46.2 cm³/mol. The Morgan fingerprint density at radius 2 is 1.11 bits per heavy atom. The quantitative estimate of drug-likeness (QED) is 0.424. The van der Waals surface area contributed by atoms with E-state index in [9.17, 15) is 0 Å². The Kier molecular flexibility index (Phi) is 21.0. The fraction of sp³-hybridized carbons (Fsp3) is 1.00. The van der Waals surface area contributed by atoms with E-state index in [0.29, 0.717) is 0 Å². The van der Waals surface area contributed by atoms with E-state index in [1.165, 1.54) is 25.7 Å². The fourth-order valence-corrected chi connectivity index (χ4v) is 0.500. The largest absolute Gasteiger partial charge is 0.127 e. The number of rotatable bonds is 3. The van der Waals surface area contributed by atoms with Gasteiger partial charge in [-0.1, -0.05) is 46.5 Å². The minimum absolute atomic E-state index is 0.722. The van der Waals surface area contributed by atoms with Crippen LogP contribution in [-0.2, 0) is 0 Å². The summed E-state index contributed by atoms with van der Waals surface area (Å²) in [6.45, 7) is 6.35. The first kappa shape index (κ1) is 12.0. The van der Waals surface area contributed by atoms with E-state index >= 15 is 0 Å². The van der Waals surface area contributed by atoms with Gasteiger partial charge in [0.2, 0.25) is 0 Å². The summed E-state index contributed by atoms with van der Waals surface area (Å²) >= 11 is 5.00. The van der Waals surface area contributed by atoms with Crippen LogP contribution in [0.3, 0.4) is 0 Å². The Balaban J connectivity index is 0. The van der Waals surface area contributed by atoms with Gasteiger partial charge in [0, 0.05) is 5.88 Å². The van der Waals surface area contributed by atoms with Gasteiger partial charge in [-0.2, -0.15) is 0 Å². The van der Waals surface area contributed by atoms with Gasteiger partial charge in [-0.25, -0.2) is 0 Å². The Hall–Kier alpha value is 0.290. The molecular formula is C8H19Cl. The topological polar surface area (TPSA) is 0 Å². The highest BCUT2D eigenvalue weighted by atomic mass is 35.5. The van der Waals surface area contributed by atoms with Gasteiger partial charge in [-0.05, 0) is 0 Å². The first-order chi connectivity index (χ1) is 4.33. The van der Waals surface area contributed by atoms with Crippen molar-refractivity contribution in [3.8, 4) is 0 Å². The molecule has 9 heavy (non-hydrogen) atoms. The average molecular weight is 151 g/mol. The summed E-state index contributed by atoms with van der Waals surface area (Å²) in [5.41, 5.74) is 0. The van der Waals surface area contributed by atoms with Crippen molar-refractivity contribution < 1.29 is 0 Å². The maximum absolute atomic E-state index is 5.00. The lowest BCUT2D eigenvalue weighted by molar-refractivity contribution is 0.702. The molecule has 0 nitrogen and oxygen atoms in total. The minimum Gasteiger partial charge on any atom is -0.127 e. The number of hydrogen-bond donors (Lipinski definition) is 0. The molecule has 0 saturated carbocycles. The maximum atomic E-state index is 5.00. The summed E-state index contributed by atoms with van der Waals surface area (Å²) in [7, 11) is 0. The zero-order valence-corrected chi connectivity index (χ0v) is 7.67. The smallest absolute Gasteiger partial charge is 0.0195 e. The van der Waals surface area contributed by atoms with Crippen molar-refractivity contribution in [1.82, 2.24) is 0 Å². The molecule has 0 aliphatic heterocycles. The molecule has 0 rings (SSSR count). The van der Waals surface area contributed by atoms with Crippen LogP contribution in [0, 0.1) is 0 Å². The molecule has 0 N–H and O–H groups in total. The maximum Gasteiger partial charge on any atom is 0.0195 e. The van der Waals surface area contributed by atoms with Gasteiger partial charge >= 0.3 is 0 Å². The first-order valence-electron chi connectivity index (χ1n) is 3.89. The zero-order valence-electron chi connectivity index (χ0n) is 6.91. The van der Waals surface area contributed by atoms with Crippen molar-refractivity contribution in [3.63, 3.8) is 0 Å². The third-order valence-electron chi connectivity index (χ3n) is 0.957. The SMILES string of the molecule is CCCCCC.CCCl. The van der Waals surface area contributed by atoms with E-state index in [1.807, 2.05) is 6.92 Å². The van der Waals surface area contributed by atoms with E-state index in [-0.39, 0.29) is 0 Å². The molecule has 0 aromatic carbocycles. The molecule has 0 aliphatic carbocycles. The van der Waals surface area contributed by atoms with Gasteiger partial charge in [-0.15, -0.1) is 11.6 Å². The number of alkyl halides is 1. The normalized spacial score (nSPS) is 8.00. The van der Waals surface area contributed by atoms with E-state index in [0.717, 1.165) is 5.88 Å². The highest BCUT2D eigenvalue weighted by molar-refractivity contribution is 6.17. The molecule has 0 aromatic heterocycles. The van der Waals surface area contributed by atoms with Gasteiger partial charge < -0.3 is 0 Å². The summed E-state index contributed by atoms with van der Waals surface area (Å²) in [5.74, 6) is 0.722. The highest BCUT2D eigenvalue weighted by Crippen LogP contribution is 1.95. The van der Waals surface area contributed by atoms with E-state index < -0.39 is 0 Å². The minimum atomic E-state index is 0.722. The number of halogens is 1. The summed E-state index contributed by atoms with van der Waals surface area (Å²) in [6.07, 6.45) is 5.54. The lowest BCUT2D eigenvalue weighted by Crippen LogP contribution is -1.66. The van der Waals surface area contributed by atoms with Gasteiger partial charge in [-0.3, -0.25) is 0 Å². The van der Waals surface area contributed by atoms with Crippen LogP contribution in [0.5, 0.6) is 0 Å². The molecule has 0 aromatic rings. The van der Waals surface area contributed by atoms with Crippen LogP contribution in [0.25, 0.3) is 0 Å². The molecule has 0 aliphatic rings. The fourth-order valence-electron chi connectivity index (χ4n) is 0.500. The second kappa shape index (κ2) is 15.7. The van der Waals surface area contributed by atoms with Crippen LogP contribution in [0.2, 0.25) is 0 Å². The van der Waals surface area contributed by atoms with Crippen LogP contribution in [0.15, 0.2) is 0 Å². The van der Waals surface area contributed by atoms with E-state index in [1.54, 1.807) is 0 Å². The first-order valence-corrected chi connectivity index (χ1v) is 4.42. The molecule has 58 valence electrons. The Morgan fingerprint density at radius 1 is 0.889 bits per heavy atom. The van der Waals surface area contributed by atoms with Crippen molar-refractivity contribution in [1.29, 1.82) is 0 Å². The summed E-state index contributed by atoms with van der Waals surface area (Å²) in [4.78, 5) is 0. The Labute approximate surface area is 64.6 Å². The van der Waals surface area contributed by atoms with Crippen LogP contribution in [0.1, 0.15) is 46.5 Å². The van der Waals surface area contributed by atoms with Gasteiger partial charge in [0.25, 0.3) is 0 Å². The van der Waals surface area contributed by atoms with Crippen molar-refractivity contribution in [2.45, 2.75) is 46.5 Å². The highest BCUT2D eigenvalue weighted by Gasteiger charge is 1.75. The summed E-state index contributed by atoms with van der Waals surface area (Å²) < 4.78 is 0. The second-order valence-corrected chi connectivity index (χ2v) is 2.51. The molecule has 0 fully saturated rings. The summed E-state index contributed by atoms with van der Waals surface area (Å²) in [5, 5.41) is 0. The lowest BCUT2D eigenvalue weighted by atomic mass is 10.2. The van der Waals surface area contributed by atoms with Crippen LogP contribution in [0.4, 0.5) is 0 Å². The molecule has 0 radical (unpaired) electrons. The molecule has 1 heteroatoms. The van der Waals surface area contributed by atoms with E-state index in [4.69, 9.17) is 11.6 Å². The average Bonchev–Trinajstić information content (AvgIpc) is 1.86. The van der Waals surface area contributed by atoms with Crippen molar-refractivity contribution in [2.24, 2.45) is 0 Å². The monoisotopic (exact) mass is 150 g/mol. The molecule has 0 spiro atoms. The van der Waals surface area contributed by atoms with Crippen LogP contribution < -0.4 is 0 Å². The Morgan fingerprint density at radius 3 is 1.22 bits per heavy atom. The van der Waals surface area contributed by atoms with Gasteiger partial charge in [0.05, 0.1) is 0 Å². The number of unbranched alkanes of at least 4 members (excludes halogenated alkanes) is 3. The molecule has 0 atom stereocenters. The predicted octanol–water partition coefficient (Wildman–Crippen LogP) is 3.83. The zero-order chi connectivity index (χ0) is 7.54. The van der Waals surface area contributed by atoms with E-state index in [2.05, 4.69) is 13.8 Å². The third kappa shape index (κ3) is 30.3. The Bertz CT molecular complexity index is 23.7. The van der Waals surface area contributed by atoms with Crippen molar-refractivity contribution in [3.05, 3.63) is 0 Å². The molecule has 0 amide bonds. The standard InChI is InChI=1S/C6H14.C2H5Cl/c1-3-5-6-4-2;1-2-3/h3-6H2,1-2H3;2H2,1H3. The van der Waals surface area contributed by atoms with Crippen molar-refractivity contribution >= 4 is 11.6 Å².